The van der Waals surface area contributed by atoms with E-state index in [1.165, 1.54) is 11.6 Å². The number of nitrogens with zero attached hydrogens (tertiary/aromatic N) is 4. The average molecular weight is 328 g/mol. The van der Waals surface area contributed by atoms with Crippen LogP contribution < -0.4 is 5.32 Å². The van der Waals surface area contributed by atoms with Crippen LogP contribution in [0, 0.1) is 0 Å². The average Bonchev–Trinajstić information content (AvgIpc) is 2.98. The lowest BCUT2D eigenvalue weighted by Crippen LogP contribution is -2.13. The molecule has 0 aliphatic carbocycles. The molecule has 0 aliphatic heterocycles. The number of rotatable bonds is 4. The molecule has 0 amide bonds. The van der Waals surface area contributed by atoms with Crippen molar-refractivity contribution in [2.24, 2.45) is 0 Å². The van der Waals surface area contributed by atoms with Crippen molar-refractivity contribution in [3.63, 3.8) is 0 Å². The highest BCUT2D eigenvalue weighted by Crippen LogP contribution is 2.18. The highest BCUT2D eigenvalue weighted by molar-refractivity contribution is 6.30. The molecule has 3 rings (SSSR count). The van der Waals surface area contributed by atoms with Crippen LogP contribution in [0.1, 0.15) is 17.3 Å². The van der Waals surface area contributed by atoms with E-state index in [1.54, 1.807) is 18.5 Å². The fraction of sp³-hybridized carbons (Fsp3) is 0.125. The molecule has 0 fully saturated rings. The van der Waals surface area contributed by atoms with E-state index in [2.05, 4.69) is 20.4 Å². The van der Waals surface area contributed by atoms with Gasteiger partial charge in [-0.25, -0.2) is 0 Å². The molecule has 0 aliphatic rings. The van der Waals surface area contributed by atoms with Crippen molar-refractivity contribution in [2.45, 2.75) is 13.5 Å². The zero-order valence-electron chi connectivity index (χ0n) is 12.4. The van der Waals surface area contributed by atoms with Gasteiger partial charge in [0.15, 0.2) is 5.82 Å². The summed E-state index contributed by atoms with van der Waals surface area (Å²) in [4.78, 5) is 20.2. The van der Waals surface area contributed by atoms with Crippen LogP contribution in [0.25, 0.3) is 11.4 Å². The molecule has 116 valence electrons. The number of carbonyl (C=O) groups is 1. The Morgan fingerprint density at radius 2 is 2.17 bits per heavy atom. The molecule has 0 bridgehead atoms. The van der Waals surface area contributed by atoms with Crippen LogP contribution in [0.15, 0.2) is 48.8 Å². The lowest BCUT2D eigenvalue weighted by Gasteiger charge is -2.05. The standard InChI is InChI=1S/C16H14ClN5O/c1-11(23)22-16(19-9-12-4-2-6-14(17)8-12)20-15(21-22)13-5-3-7-18-10-13/h2-8,10H,9H2,1H3,(H,19,20,21). The number of nitrogens with one attached hydrogen (secondary N) is 1. The van der Waals surface area contributed by atoms with Crippen molar-refractivity contribution in [2.75, 3.05) is 5.32 Å². The maximum absolute atomic E-state index is 11.8. The molecular formula is C16H14ClN5O. The third-order valence-electron chi connectivity index (χ3n) is 3.16. The van der Waals surface area contributed by atoms with Crippen molar-refractivity contribution < 1.29 is 4.79 Å². The summed E-state index contributed by atoms with van der Waals surface area (Å²) in [7, 11) is 0. The summed E-state index contributed by atoms with van der Waals surface area (Å²) in [5.74, 6) is 0.611. The third kappa shape index (κ3) is 3.54. The van der Waals surface area contributed by atoms with Crippen molar-refractivity contribution >= 4 is 23.5 Å². The quantitative estimate of drug-likeness (QED) is 0.796. The zero-order chi connectivity index (χ0) is 16.2. The first-order valence-electron chi connectivity index (χ1n) is 7.00. The van der Waals surface area contributed by atoms with Crippen molar-refractivity contribution in [3.8, 4) is 11.4 Å². The minimum absolute atomic E-state index is 0.221. The van der Waals surface area contributed by atoms with Crippen LogP contribution in [-0.2, 0) is 6.54 Å². The third-order valence-corrected chi connectivity index (χ3v) is 3.40. The number of aromatic nitrogens is 4. The Kier molecular flexibility index (Phi) is 4.34. The van der Waals surface area contributed by atoms with Gasteiger partial charge in [-0.2, -0.15) is 9.67 Å². The van der Waals surface area contributed by atoms with Crippen molar-refractivity contribution in [1.29, 1.82) is 0 Å². The first kappa shape index (κ1) is 15.2. The van der Waals surface area contributed by atoms with Crippen molar-refractivity contribution in [1.82, 2.24) is 19.7 Å². The predicted octanol–water partition coefficient (Wildman–Crippen LogP) is 3.27. The van der Waals surface area contributed by atoms with E-state index in [0.717, 1.165) is 11.1 Å². The number of hydrogen-bond acceptors (Lipinski definition) is 5. The molecule has 0 spiro atoms. The Morgan fingerprint density at radius 3 is 2.87 bits per heavy atom. The van der Waals surface area contributed by atoms with Gasteiger partial charge in [-0.05, 0) is 29.8 Å². The molecule has 2 aromatic heterocycles. The molecule has 23 heavy (non-hydrogen) atoms. The summed E-state index contributed by atoms with van der Waals surface area (Å²) >= 11 is 5.97. The van der Waals surface area contributed by atoms with Crippen LogP contribution in [0.2, 0.25) is 5.02 Å². The molecule has 0 saturated heterocycles. The summed E-state index contributed by atoms with van der Waals surface area (Å²) in [6.45, 7) is 1.92. The molecule has 0 radical (unpaired) electrons. The molecule has 1 aromatic carbocycles. The molecule has 3 aromatic rings. The Morgan fingerprint density at radius 1 is 1.30 bits per heavy atom. The zero-order valence-corrected chi connectivity index (χ0v) is 13.2. The minimum Gasteiger partial charge on any atom is -0.350 e. The van der Waals surface area contributed by atoms with E-state index in [0.29, 0.717) is 23.3 Å². The van der Waals surface area contributed by atoms with Gasteiger partial charge in [0.2, 0.25) is 11.9 Å². The Hall–Kier alpha value is -2.73. The predicted molar refractivity (Wildman–Crippen MR) is 88.3 cm³/mol. The molecule has 2 heterocycles. The van der Waals surface area contributed by atoms with E-state index in [-0.39, 0.29) is 5.91 Å². The van der Waals surface area contributed by atoms with E-state index >= 15 is 0 Å². The van der Waals surface area contributed by atoms with Gasteiger partial charge in [0, 0.05) is 36.4 Å². The van der Waals surface area contributed by atoms with Crippen LogP contribution in [0.4, 0.5) is 5.95 Å². The van der Waals surface area contributed by atoms with Gasteiger partial charge < -0.3 is 5.32 Å². The highest BCUT2D eigenvalue weighted by atomic mass is 35.5. The molecule has 6 nitrogen and oxygen atoms in total. The lowest BCUT2D eigenvalue weighted by atomic mass is 10.2. The van der Waals surface area contributed by atoms with Gasteiger partial charge in [0.05, 0.1) is 0 Å². The van der Waals surface area contributed by atoms with E-state index in [1.807, 2.05) is 30.3 Å². The minimum atomic E-state index is -0.221. The Labute approximate surface area is 138 Å². The number of benzene rings is 1. The molecule has 0 saturated carbocycles. The van der Waals surface area contributed by atoms with Crippen LogP contribution >= 0.6 is 11.6 Å². The topological polar surface area (TPSA) is 72.7 Å². The SMILES string of the molecule is CC(=O)n1nc(-c2cccnc2)nc1NCc1cccc(Cl)c1. The van der Waals surface area contributed by atoms with Gasteiger partial charge in [-0.1, -0.05) is 23.7 Å². The van der Waals surface area contributed by atoms with E-state index in [4.69, 9.17) is 11.6 Å². The molecule has 0 atom stereocenters. The summed E-state index contributed by atoms with van der Waals surface area (Å²) in [5, 5.41) is 8.02. The van der Waals surface area contributed by atoms with Gasteiger partial charge >= 0.3 is 0 Å². The summed E-state index contributed by atoms with van der Waals surface area (Å²) in [5.41, 5.74) is 1.73. The van der Waals surface area contributed by atoms with Gasteiger partial charge in [-0.15, -0.1) is 5.10 Å². The van der Waals surface area contributed by atoms with Gasteiger partial charge in [0.25, 0.3) is 0 Å². The molecule has 1 N–H and O–H groups in total. The number of anilines is 1. The fourth-order valence-electron chi connectivity index (χ4n) is 2.09. The number of halogens is 1. The molecule has 0 unspecified atom stereocenters. The highest BCUT2D eigenvalue weighted by Gasteiger charge is 2.14. The number of hydrogen-bond donors (Lipinski definition) is 1. The second-order valence-corrected chi connectivity index (χ2v) is 5.35. The summed E-state index contributed by atoms with van der Waals surface area (Å²) in [6.07, 6.45) is 3.32. The normalized spacial score (nSPS) is 10.5. The largest absolute Gasteiger partial charge is 0.350 e. The second kappa shape index (κ2) is 6.58. The van der Waals surface area contributed by atoms with Gasteiger partial charge in [-0.3, -0.25) is 9.78 Å². The first-order valence-corrected chi connectivity index (χ1v) is 7.38. The van der Waals surface area contributed by atoms with Crippen LogP contribution in [-0.4, -0.2) is 25.7 Å². The first-order chi connectivity index (χ1) is 11.1. The maximum atomic E-state index is 11.8. The summed E-state index contributed by atoms with van der Waals surface area (Å²) in [6, 6.07) is 11.1. The Balaban J connectivity index is 1.86. The maximum Gasteiger partial charge on any atom is 0.246 e. The monoisotopic (exact) mass is 327 g/mol. The second-order valence-electron chi connectivity index (χ2n) is 4.92. The number of carbonyl (C=O) groups excluding carboxylic acids is 1. The van der Waals surface area contributed by atoms with Crippen LogP contribution in [0.3, 0.4) is 0 Å². The molecular weight excluding hydrogens is 314 g/mol. The fourth-order valence-corrected chi connectivity index (χ4v) is 2.30. The van der Waals surface area contributed by atoms with E-state index in [9.17, 15) is 4.79 Å². The lowest BCUT2D eigenvalue weighted by molar-refractivity contribution is 0.0924. The van der Waals surface area contributed by atoms with Crippen molar-refractivity contribution in [3.05, 3.63) is 59.4 Å². The smallest absolute Gasteiger partial charge is 0.246 e. The van der Waals surface area contributed by atoms with E-state index < -0.39 is 0 Å². The van der Waals surface area contributed by atoms with Crippen LogP contribution in [0.5, 0.6) is 0 Å². The Bertz CT molecular complexity index is 831. The number of pyridine rings is 1. The summed E-state index contributed by atoms with van der Waals surface area (Å²) < 4.78 is 1.24. The molecule has 7 heteroatoms. The van der Waals surface area contributed by atoms with Gasteiger partial charge in [0.1, 0.15) is 0 Å².